The number of rotatable bonds is 6. The second-order valence-corrected chi connectivity index (χ2v) is 7.54. The zero-order chi connectivity index (χ0) is 18.7. The van der Waals surface area contributed by atoms with Crippen LogP contribution in [0.3, 0.4) is 0 Å². The van der Waals surface area contributed by atoms with Crippen molar-refractivity contribution in [1.29, 1.82) is 0 Å². The zero-order valence-corrected chi connectivity index (χ0v) is 16.1. The predicted molar refractivity (Wildman–Crippen MR) is 102 cm³/mol. The first-order valence-corrected chi connectivity index (χ1v) is 9.71. The van der Waals surface area contributed by atoms with E-state index in [1.54, 1.807) is 25.1 Å². The summed E-state index contributed by atoms with van der Waals surface area (Å²) < 4.78 is 10.8. The highest BCUT2D eigenvalue weighted by Gasteiger charge is 2.28. The van der Waals surface area contributed by atoms with E-state index >= 15 is 0 Å². The van der Waals surface area contributed by atoms with E-state index in [4.69, 9.17) is 9.47 Å². The molecule has 26 heavy (non-hydrogen) atoms. The van der Waals surface area contributed by atoms with Gasteiger partial charge in [-0.15, -0.1) is 11.3 Å². The highest BCUT2D eigenvalue weighted by Crippen LogP contribution is 2.39. The Balaban J connectivity index is 1.85. The van der Waals surface area contributed by atoms with E-state index in [9.17, 15) is 9.59 Å². The summed E-state index contributed by atoms with van der Waals surface area (Å²) in [5, 5.41) is 3.48. The minimum atomic E-state index is -0.362. The molecule has 6 heteroatoms. The molecule has 0 radical (unpaired) electrons. The van der Waals surface area contributed by atoms with Crippen LogP contribution in [0.15, 0.2) is 24.3 Å². The van der Waals surface area contributed by atoms with Gasteiger partial charge < -0.3 is 14.8 Å². The van der Waals surface area contributed by atoms with Crippen LogP contribution in [0.5, 0.6) is 5.75 Å². The highest BCUT2D eigenvalue weighted by molar-refractivity contribution is 7.17. The quantitative estimate of drug-likeness (QED) is 0.760. The van der Waals surface area contributed by atoms with E-state index in [-0.39, 0.29) is 18.0 Å². The summed E-state index contributed by atoms with van der Waals surface area (Å²) in [6, 6.07) is 7.04. The molecule has 1 aromatic carbocycles. The molecule has 0 atom stereocenters. The Morgan fingerprint density at radius 3 is 2.81 bits per heavy atom. The fourth-order valence-electron chi connectivity index (χ4n) is 3.07. The third-order valence-corrected chi connectivity index (χ3v) is 5.30. The van der Waals surface area contributed by atoms with Gasteiger partial charge in [0.05, 0.1) is 18.3 Å². The number of thiophene rings is 1. The molecule has 0 bridgehead atoms. The summed E-state index contributed by atoms with van der Waals surface area (Å²) in [5.74, 6) is 0.0238. The predicted octanol–water partition coefficient (Wildman–Crippen LogP) is 4.45. The van der Waals surface area contributed by atoms with Crippen molar-refractivity contribution in [3.8, 4) is 5.75 Å². The molecule has 1 aliphatic carbocycles. The second kappa shape index (κ2) is 7.91. The molecule has 1 heterocycles. The summed E-state index contributed by atoms with van der Waals surface area (Å²) in [5.41, 5.74) is 2.04. The third-order valence-electron chi connectivity index (χ3n) is 4.10. The zero-order valence-electron chi connectivity index (χ0n) is 15.3. The largest absolute Gasteiger partial charge is 0.491 e. The van der Waals surface area contributed by atoms with Gasteiger partial charge in [0.25, 0.3) is 5.91 Å². The Bertz CT molecular complexity index is 825. The lowest BCUT2D eigenvalue weighted by Gasteiger charge is -2.11. The Labute approximate surface area is 157 Å². The summed E-state index contributed by atoms with van der Waals surface area (Å²) >= 11 is 1.48. The number of fused-ring (bicyclic) bond motifs is 1. The monoisotopic (exact) mass is 373 g/mol. The minimum Gasteiger partial charge on any atom is -0.491 e. The first-order chi connectivity index (χ1) is 12.5. The number of hydrogen-bond donors (Lipinski definition) is 1. The van der Waals surface area contributed by atoms with Crippen molar-refractivity contribution in [3.05, 3.63) is 45.8 Å². The van der Waals surface area contributed by atoms with Crippen molar-refractivity contribution in [3.63, 3.8) is 0 Å². The molecule has 5 nitrogen and oxygen atoms in total. The van der Waals surface area contributed by atoms with Crippen LogP contribution in [-0.2, 0) is 17.6 Å². The number of amides is 1. The van der Waals surface area contributed by atoms with Gasteiger partial charge in [0.1, 0.15) is 10.8 Å². The number of nitrogens with one attached hydrogen (secondary N) is 1. The summed E-state index contributed by atoms with van der Waals surface area (Å²) in [4.78, 5) is 26.3. The van der Waals surface area contributed by atoms with Crippen LogP contribution >= 0.6 is 11.3 Å². The van der Waals surface area contributed by atoms with Crippen LogP contribution in [0.1, 0.15) is 58.3 Å². The van der Waals surface area contributed by atoms with Crippen LogP contribution in [0.2, 0.25) is 0 Å². The highest BCUT2D eigenvalue weighted by atomic mass is 32.1. The normalized spacial score (nSPS) is 12.8. The average molecular weight is 373 g/mol. The van der Waals surface area contributed by atoms with Gasteiger partial charge in [-0.05, 0) is 63.8 Å². The third kappa shape index (κ3) is 3.90. The van der Waals surface area contributed by atoms with Crippen molar-refractivity contribution in [2.45, 2.75) is 46.1 Å². The molecule has 1 N–H and O–H groups in total. The molecule has 3 rings (SSSR count). The average Bonchev–Trinajstić information content (AvgIpc) is 3.15. The van der Waals surface area contributed by atoms with E-state index in [0.717, 1.165) is 24.8 Å². The van der Waals surface area contributed by atoms with Gasteiger partial charge in [0.15, 0.2) is 0 Å². The van der Waals surface area contributed by atoms with Crippen molar-refractivity contribution in [2.24, 2.45) is 0 Å². The first kappa shape index (κ1) is 18.5. The number of anilines is 1. The standard InChI is InChI=1S/C20H23NO4S/c1-4-24-20(23)17-15-9-6-10-16(15)26-19(17)21-18(22)13-7-5-8-14(11-13)25-12(2)3/h5,7-8,11-12H,4,6,9-10H2,1-3H3,(H,21,22). The maximum Gasteiger partial charge on any atom is 0.341 e. The summed E-state index contributed by atoms with van der Waals surface area (Å²) in [7, 11) is 0. The molecule has 1 aliphatic rings. The Morgan fingerprint density at radius 1 is 1.27 bits per heavy atom. The molecule has 138 valence electrons. The van der Waals surface area contributed by atoms with Crippen LogP contribution in [0.4, 0.5) is 5.00 Å². The Morgan fingerprint density at radius 2 is 2.08 bits per heavy atom. The number of carbonyl (C=O) groups excluding carboxylic acids is 2. The fraction of sp³-hybridized carbons (Fsp3) is 0.400. The molecule has 0 aliphatic heterocycles. The first-order valence-electron chi connectivity index (χ1n) is 8.89. The number of hydrogen-bond acceptors (Lipinski definition) is 5. The number of ether oxygens (including phenoxy) is 2. The number of carbonyl (C=O) groups is 2. The van der Waals surface area contributed by atoms with Crippen molar-refractivity contribution >= 4 is 28.2 Å². The molecule has 1 aromatic heterocycles. The van der Waals surface area contributed by atoms with Gasteiger partial charge in [-0.1, -0.05) is 6.07 Å². The van der Waals surface area contributed by atoms with Crippen molar-refractivity contribution in [1.82, 2.24) is 0 Å². The molecule has 0 fully saturated rings. The molecule has 0 saturated carbocycles. The van der Waals surface area contributed by atoms with Gasteiger partial charge >= 0.3 is 5.97 Å². The molecular formula is C20H23NO4S. The lowest BCUT2D eigenvalue weighted by Crippen LogP contribution is -2.15. The van der Waals surface area contributed by atoms with E-state index in [1.165, 1.54) is 16.2 Å². The Kier molecular flexibility index (Phi) is 5.61. The molecule has 0 saturated heterocycles. The smallest absolute Gasteiger partial charge is 0.341 e. The fourth-order valence-corrected chi connectivity index (χ4v) is 4.34. The van der Waals surface area contributed by atoms with Crippen molar-refractivity contribution in [2.75, 3.05) is 11.9 Å². The van der Waals surface area contributed by atoms with Crippen LogP contribution in [-0.4, -0.2) is 24.6 Å². The van der Waals surface area contributed by atoms with Gasteiger partial charge in [-0.3, -0.25) is 4.79 Å². The van der Waals surface area contributed by atoms with Gasteiger partial charge in [-0.25, -0.2) is 4.79 Å². The molecule has 1 amide bonds. The Hall–Kier alpha value is -2.34. The lowest BCUT2D eigenvalue weighted by molar-refractivity contribution is 0.0527. The van der Waals surface area contributed by atoms with E-state index in [2.05, 4.69) is 5.32 Å². The lowest BCUT2D eigenvalue weighted by atomic mass is 10.1. The van der Waals surface area contributed by atoms with Crippen LogP contribution in [0.25, 0.3) is 0 Å². The number of esters is 1. The maximum atomic E-state index is 12.7. The molecule has 0 spiro atoms. The SMILES string of the molecule is CCOC(=O)c1c(NC(=O)c2cccc(OC(C)C)c2)sc2c1CCC2. The van der Waals surface area contributed by atoms with Crippen molar-refractivity contribution < 1.29 is 19.1 Å². The summed E-state index contributed by atoms with van der Waals surface area (Å²) in [6.45, 7) is 5.96. The number of aryl methyl sites for hydroxylation is 1. The molecular weight excluding hydrogens is 350 g/mol. The summed E-state index contributed by atoms with van der Waals surface area (Å²) in [6.07, 6.45) is 2.87. The maximum absolute atomic E-state index is 12.7. The topological polar surface area (TPSA) is 64.6 Å². The van der Waals surface area contributed by atoms with E-state index in [0.29, 0.717) is 28.5 Å². The van der Waals surface area contributed by atoms with Crippen LogP contribution in [0, 0.1) is 0 Å². The number of benzene rings is 1. The minimum absolute atomic E-state index is 0.0315. The van der Waals surface area contributed by atoms with Crippen LogP contribution < -0.4 is 10.1 Å². The van der Waals surface area contributed by atoms with E-state index < -0.39 is 0 Å². The van der Waals surface area contributed by atoms with Gasteiger partial charge in [-0.2, -0.15) is 0 Å². The molecule has 2 aromatic rings. The van der Waals surface area contributed by atoms with Gasteiger partial charge in [0.2, 0.25) is 0 Å². The molecule has 0 unspecified atom stereocenters. The van der Waals surface area contributed by atoms with E-state index in [1.807, 2.05) is 19.9 Å². The van der Waals surface area contributed by atoms with Gasteiger partial charge in [0, 0.05) is 10.4 Å². The second-order valence-electron chi connectivity index (χ2n) is 6.43.